The van der Waals surface area contributed by atoms with Crippen LogP contribution in [-0.4, -0.2) is 66.2 Å². The highest BCUT2D eigenvalue weighted by Crippen LogP contribution is 2.13. The van der Waals surface area contributed by atoms with Gasteiger partial charge < -0.3 is 20.6 Å². The van der Waals surface area contributed by atoms with Crippen LogP contribution < -0.4 is 10.6 Å². The van der Waals surface area contributed by atoms with Crippen molar-refractivity contribution in [1.82, 2.24) is 15.5 Å². The van der Waals surface area contributed by atoms with E-state index in [2.05, 4.69) is 17.6 Å². The molecule has 2 rings (SSSR count). The van der Waals surface area contributed by atoms with E-state index in [4.69, 9.17) is 9.90 Å². The number of halogens is 4. The van der Waals surface area contributed by atoms with E-state index in [0.29, 0.717) is 32.5 Å². The Balaban J connectivity index is 0.000000718. The summed E-state index contributed by atoms with van der Waals surface area (Å²) in [5, 5.41) is 13.2. The maximum atomic E-state index is 12.9. The monoisotopic (exact) mass is 491 g/mol. The Labute approximate surface area is 196 Å². The lowest BCUT2D eigenvalue weighted by molar-refractivity contribution is -0.192. The molecule has 0 aromatic heterocycles. The fourth-order valence-corrected chi connectivity index (χ4v) is 3.36. The maximum absolute atomic E-state index is 12.9. The van der Waals surface area contributed by atoms with Crippen LogP contribution in [0.3, 0.4) is 0 Å². The molecule has 192 valence electrons. The van der Waals surface area contributed by atoms with Gasteiger partial charge in [-0.05, 0) is 30.5 Å². The zero-order chi connectivity index (χ0) is 25.6. The second-order valence-corrected chi connectivity index (χ2v) is 7.94. The maximum Gasteiger partial charge on any atom is 0.490 e. The largest absolute Gasteiger partial charge is 0.490 e. The summed E-state index contributed by atoms with van der Waals surface area (Å²) in [7, 11) is 0. The van der Waals surface area contributed by atoms with E-state index in [1.807, 2.05) is 0 Å². The third-order valence-corrected chi connectivity index (χ3v) is 5.23. The highest BCUT2D eigenvalue weighted by Gasteiger charge is 2.38. The molecule has 1 atom stereocenters. The van der Waals surface area contributed by atoms with Gasteiger partial charge in [-0.15, -0.1) is 0 Å². The van der Waals surface area contributed by atoms with Gasteiger partial charge in [-0.3, -0.25) is 9.59 Å². The Hall–Kier alpha value is -2.69. The normalized spacial score (nSPS) is 15.8. The number of unbranched alkanes of at least 4 members (excludes halogenated alkanes) is 4. The Morgan fingerprint density at radius 3 is 2.32 bits per heavy atom. The molecule has 0 spiro atoms. The van der Waals surface area contributed by atoms with E-state index in [-0.39, 0.29) is 17.6 Å². The number of piperazine rings is 1. The molecule has 1 aromatic carbocycles. The van der Waals surface area contributed by atoms with Gasteiger partial charge in [0.2, 0.25) is 11.8 Å². The van der Waals surface area contributed by atoms with E-state index in [1.165, 1.54) is 31.4 Å². The van der Waals surface area contributed by atoms with Crippen molar-refractivity contribution in [2.45, 2.75) is 64.1 Å². The molecule has 0 radical (unpaired) electrons. The zero-order valence-electron chi connectivity index (χ0n) is 19.3. The number of carboxylic acid groups (broad SMARTS) is 1. The number of carbonyl (C=O) groups is 3. The number of hydrogen-bond acceptors (Lipinski definition) is 4. The minimum Gasteiger partial charge on any atom is -0.475 e. The fourth-order valence-electron chi connectivity index (χ4n) is 3.36. The Bertz CT molecular complexity index is 772. The van der Waals surface area contributed by atoms with Gasteiger partial charge in [0.25, 0.3) is 0 Å². The molecule has 1 fully saturated rings. The van der Waals surface area contributed by atoms with Crippen molar-refractivity contribution in [1.29, 1.82) is 0 Å². The average Bonchev–Trinajstić information content (AvgIpc) is 2.80. The van der Waals surface area contributed by atoms with Gasteiger partial charge in [0.05, 0.1) is 0 Å². The highest BCUT2D eigenvalue weighted by molar-refractivity contribution is 5.88. The lowest BCUT2D eigenvalue weighted by Gasteiger charge is -2.35. The molecule has 1 aromatic rings. The van der Waals surface area contributed by atoms with Crippen LogP contribution in [0.1, 0.15) is 51.0 Å². The van der Waals surface area contributed by atoms with E-state index in [1.54, 1.807) is 17.0 Å². The smallest absolute Gasteiger partial charge is 0.475 e. The molecular weight excluding hydrogens is 458 g/mol. The number of nitrogens with one attached hydrogen (secondary N) is 2. The van der Waals surface area contributed by atoms with Crippen LogP contribution >= 0.6 is 0 Å². The number of hydrogen-bond donors (Lipinski definition) is 3. The molecule has 7 nitrogen and oxygen atoms in total. The van der Waals surface area contributed by atoms with Gasteiger partial charge in [0, 0.05) is 32.6 Å². The first kappa shape index (κ1) is 29.3. The zero-order valence-corrected chi connectivity index (χ0v) is 19.3. The first-order valence-electron chi connectivity index (χ1n) is 11.4. The van der Waals surface area contributed by atoms with Crippen LogP contribution in [0.5, 0.6) is 0 Å². The number of alkyl halides is 3. The molecule has 3 N–H and O–H groups in total. The predicted octanol–water partition coefficient (Wildman–Crippen LogP) is 3.28. The third kappa shape index (κ3) is 11.4. The molecule has 1 aliphatic rings. The van der Waals surface area contributed by atoms with Gasteiger partial charge in [-0.1, -0.05) is 44.7 Å². The van der Waals surface area contributed by atoms with Gasteiger partial charge in [0.1, 0.15) is 11.9 Å². The summed E-state index contributed by atoms with van der Waals surface area (Å²) in [6.45, 7) is 4.43. The first-order chi connectivity index (χ1) is 16.1. The molecule has 1 heterocycles. The minimum atomic E-state index is -5.08. The first-order valence-corrected chi connectivity index (χ1v) is 11.4. The molecule has 1 aliphatic heterocycles. The van der Waals surface area contributed by atoms with E-state index < -0.39 is 18.2 Å². The molecular formula is C23H33F4N3O4. The molecule has 1 unspecified atom stereocenters. The molecule has 0 aliphatic carbocycles. The second kappa shape index (κ2) is 15.3. The van der Waals surface area contributed by atoms with Crippen molar-refractivity contribution >= 4 is 17.8 Å². The summed E-state index contributed by atoms with van der Waals surface area (Å²) >= 11 is 0. The van der Waals surface area contributed by atoms with Crippen molar-refractivity contribution in [3.63, 3.8) is 0 Å². The van der Waals surface area contributed by atoms with Crippen LogP contribution in [0.15, 0.2) is 24.3 Å². The molecule has 0 bridgehead atoms. The third-order valence-electron chi connectivity index (χ3n) is 5.23. The molecule has 1 saturated heterocycles. The van der Waals surface area contributed by atoms with Crippen molar-refractivity contribution in [2.24, 2.45) is 0 Å². The molecule has 11 heteroatoms. The summed E-state index contributed by atoms with van der Waals surface area (Å²) in [4.78, 5) is 35.7. The minimum absolute atomic E-state index is 0.0756. The van der Waals surface area contributed by atoms with Crippen LogP contribution in [0.2, 0.25) is 0 Å². The lowest BCUT2D eigenvalue weighted by Crippen LogP contribution is -2.59. The summed E-state index contributed by atoms with van der Waals surface area (Å²) in [5.74, 6) is -3.07. The molecule has 34 heavy (non-hydrogen) atoms. The Morgan fingerprint density at radius 2 is 1.74 bits per heavy atom. The topological polar surface area (TPSA) is 98.7 Å². The average molecular weight is 492 g/mol. The van der Waals surface area contributed by atoms with Crippen molar-refractivity contribution in [2.75, 3.05) is 26.2 Å². The molecule has 0 saturated carbocycles. The number of aliphatic carboxylic acids is 1. The van der Waals surface area contributed by atoms with Crippen LogP contribution in [-0.2, 0) is 20.8 Å². The fraction of sp³-hybridized carbons (Fsp3) is 0.609. The number of benzene rings is 1. The number of amides is 2. The quantitative estimate of drug-likeness (QED) is 0.345. The van der Waals surface area contributed by atoms with Crippen molar-refractivity contribution < 1.29 is 37.1 Å². The van der Waals surface area contributed by atoms with Crippen molar-refractivity contribution in [3.05, 3.63) is 35.6 Å². The van der Waals surface area contributed by atoms with Crippen LogP contribution in [0, 0.1) is 5.82 Å². The highest BCUT2D eigenvalue weighted by atomic mass is 19.4. The van der Waals surface area contributed by atoms with Gasteiger partial charge in [-0.25, -0.2) is 9.18 Å². The summed E-state index contributed by atoms with van der Waals surface area (Å²) in [6.07, 6.45) is 1.59. The summed E-state index contributed by atoms with van der Waals surface area (Å²) < 4.78 is 44.7. The van der Waals surface area contributed by atoms with Gasteiger partial charge in [-0.2, -0.15) is 13.2 Å². The lowest BCUT2D eigenvalue weighted by atomic mass is 10.1. The summed E-state index contributed by atoms with van der Waals surface area (Å²) in [6, 6.07) is 5.83. The van der Waals surface area contributed by atoms with Crippen molar-refractivity contribution in [3.8, 4) is 0 Å². The van der Waals surface area contributed by atoms with Crippen LogP contribution in [0.4, 0.5) is 17.6 Å². The van der Waals surface area contributed by atoms with E-state index in [9.17, 15) is 27.2 Å². The number of carboxylic acids is 1. The Morgan fingerprint density at radius 1 is 1.12 bits per heavy atom. The van der Waals surface area contributed by atoms with E-state index >= 15 is 0 Å². The van der Waals surface area contributed by atoms with Gasteiger partial charge in [0.15, 0.2) is 0 Å². The Kier molecular flexibility index (Phi) is 13.2. The number of carbonyl (C=O) groups excluding carboxylic acids is 2. The number of nitrogens with zero attached hydrogens (tertiary/aromatic N) is 1. The summed E-state index contributed by atoms with van der Waals surface area (Å²) in [5.41, 5.74) is 0.971. The number of rotatable bonds is 10. The van der Waals surface area contributed by atoms with Crippen LogP contribution in [0.25, 0.3) is 0 Å². The standard InChI is InChI=1S/C21H32FN3O2.C2HF3O2/c1-2-3-4-5-6-7-20(26)25-15-14-23-16-19(25)21(27)24-13-12-17-8-10-18(22)11-9-17;3-2(4,5)1(6)7/h8-11,19,23H,2-7,12-16H2,1H3,(H,24,27);(H,6,7). The predicted molar refractivity (Wildman–Crippen MR) is 119 cm³/mol. The van der Waals surface area contributed by atoms with Gasteiger partial charge >= 0.3 is 12.1 Å². The van der Waals surface area contributed by atoms with E-state index in [0.717, 1.165) is 24.9 Å². The molecule has 2 amide bonds. The SMILES string of the molecule is CCCCCCCC(=O)N1CCNCC1C(=O)NCCc1ccc(F)cc1.O=C(O)C(F)(F)F. The second-order valence-electron chi connectivity index (χ2n) is 7.94.